The highest BCUT2D eigenvalue weighted by molar-refractivity contribution is 5.93. The van der Waals surface area contributed by atoms with Crippen molar-refractivity contribution in [2.45, 2.75) is 90.1 Å². The summed E-state index contributed by atoms with van der Waals surface area (Å²) in [5.74, 6) is -1.88. The van der Waals surface area contributed by atoms with Crippen LogP contribution in [0.1, 0.15) is 80.0 Å². The van der Waals surface area contributed by atoms with Gasteiger partial charge < -0.3 is 5.11 Å². The monoisotopic (exact) mass is 540 g/mol. The molecular weight excluding hydrogens is 502 g/mol. The highest BCUT2D eigenvalue weighted by Gasteiger charge is 2.71. The lowest BCUT2D eigenvalue weighted by Crippen LogP contribution is -2.59. The number of ketones is 1. The summed E-state index contributed by atoms with van der Waals surface area (Å²) in [6, 6.07) is 13.0. The van der Waals surface area contributed by atoms with Crippen LogP contribution in [0.2, 0.25) is 0 Å². The molecule has 2 aromatic carbocycles. The standard InChI is InChI=1S/C36H38F2O2/c1-6-36(37,38)35(40)16-15-31-29-13-11-26-19-27(39)12-14-28(26)33(29)30(20-34(31,35)5)24-7-9-25(10-8-24)32-22(3)17-21(2)18-23(32)4/h1,7-10,17-19,29-31,40H,11-16,20H2,2-5H3. The van der Waals surface area contributed by atoms with Gasteiger partial charge in [-0.3, -0.25) is 4.79 Å². The zero-order valence-electron chi connectivity index (χ0n) is 23.9. The minimum atomic E-state index is -3.60. The van der Waals surface area contributed by atoms with Gasteiger partial charge in [-0.05, 0) is 122 Å². The predicted molar refractivity (Wildman–Crippen MR) is 155 cm³/mol. The summed E-state index contributed by atoms with van der Waals surface area (Å²) >= 11 is 0. The summed E-state index contributed by atoms with van der Waals surface area (Å²) in [6.07, 6.45) is 10.9. The Morgan fingerprint density at radius 3 is 2.35 bits per heavy atom. The number of benzene rings is 2. The lowest BCUT2D eigenvalue weighted by molar-refractivity contribution is -0.209. The second-order valence-electron chi connectivity index (χ2n) is 13.0. The molecule has 0 aromatic heterocycles. The van der Waals surface area contributed by atoms with Crippen molar-refractivity contribution < 1.29 is 18.7 Å². The van der Waals surface area contributed by atoms with Gasteiger partial charge in [0.25, 0.3) is 0 Å². The number of halogens is 2. The SMILES string of the molecule is C#CC(F)(F)C1(O)CCC2C3CCC4=CC(=O)CCC4=C3C(c3ccc(-c4c(C)cc(C)cc4C)cc3)CC21C. The third-order valence-electron chi connectivity index (χ3n) is 10.9. The second kappa shape index (κ2) is 9.25. The first-order chi connectivity index (χ1) is 18.9. The van der Waals surface area contributed by atoms with Crippen LogP contribution < -0.4 is 0 Å². The smallest absolute Gasteiger partial charge is 0.336 e. The van der Waals surface area contributed by atoms with Crippen molar-refractivity contribution in [1.82, 2.24) is 0 Å². The quantitative estimate of drug-likeness (QED) is 0.399. The fourth-order valence-corrected chi connectivity index (χ4v) is 9.12. The van der Waals surface area contributed by atoms with E-state index in [-0.39, 0.29) is 30.0 Å². The Balaban J connectivity index is 1.49. The molecule has 0 amide bonds. The normalized spacial score (nSPS) is 31.7. The molecule has 1 N–H and O–H groups in total. The van der Waals surface area contributed by atoms with E-state index in [9.17, 15) is 9.90 Å². The van der Waals surface area contributed by atoms with E-state index in [0.717, 1.165) is 29.5 Å². The van der Waals surface area contributed by atoms with Crippen LogP contribution in [0.15, 0.2) is 59.2 Å². The average molecular weight is 541 g/mol. The van der Waals surface area contributed by atoms with Gasteiger partial charge in [0.2, 0.25) is 0 Å². The van der Waals surface area contributed by atoms with Crippen molar-refractivity contribution in [3.05, 3.63) is 81.4 Å². The Morgan fingerprint density at radius 2 is 1.70 bits per heavy atom. The lowest BCUT2D eigenvalue weighted by atomic mass is 9.50. The van der Waals surface area contributed by atoms with E-state index in [2.05, 4.69) is 57.2 Å². The molecule has 2 fully saturated rings. The first kappa shape index (κ1) is 27.2. The zero-order chi connectivity index (χ0) is 28.6. The van der Waals surface area contributed by atoms with Crippen LogP contribution in [-0.2, 0) is 4.79 Å². The maximum atomic E-state index is 15.3. The first-order valence-corrected chi connectivity index (χ1v) is 14.6. The van der Waals surface area contributed by atoms with E-state index >= 15 is 8.78 Å². The molecule has 2 aromatic rings. The van der Waals surface area contributed by atoms with Crippen LogP contribution in [0.4, 0.5) is 8.78 Å². The van der Waals surface area contributed by atoms with Crippen LogP contribution >= 0.6 is 0 Å². The minimum absolute atomic E-state index is 0.00327. The zero-order valence-corrected chi connectivity index (χ0v) is 23.9. The van der Waals surface area contributed by atoms with Gasteiger partial charge in [-0.2, -0.15) is 8.78 Å². The van der Waals surface area contributed by atoms with Crippen molar-refractivity contribution >= 4 is 5.78 Å². The van der Waals surface area contributed by atoms with E-state index in [4.69, 9.17) is 6.42 Å². The Hall–Kier alpha value is -3.03. The molecule has 4 aliphatic rings. The Morgan fingerprint density at radius 1 is 1.02 bits per heavy atom. The average Bonchev–Trinajstić information content (AvgIpc) is 3.19. The fourth-order valence-electron chi connectivity index (χ4n) is 9.12. The summed E-state index contributed by atoms with van der Waals surface area (Å²) in [5.41, 5.74) is 7.55. The molecule has 0 bridgehead atoms. The second-order valence-corrected chi connectivity index (χ2v) is 13.0. The molecule has 0 aliphatic heterocycles. The summed E-state index contributed by atoms with van der Waals surface area (Å²) in [7, 11) is 0. The van der Waals surface area contributed by atoms with Crippen molar-refractivity contribution in [3.8, 4) is 23.5 Å². The maximum Gasteiger partial charge on any atom is 0.336 e. The minimum Gasteiger partial charge on any atom is -0.382 e. The van der Waals surface area contributed by atoms with E-state index in [0.29, 0.717) is 25.7 Å². The lowest BCUT2D eigenvalue weighted by Gasteiger charge is -2.55. The third-order valence-corrected chi connectivity index (χ3v) is 10.9. The molecule has 208 valence electrons. The van der Waals surface area contributed by atoms with Crippen LogP contribution in [0.25, 0.3) is 11.1 Å². The number of carbonyl (C=O) groups excluding carboxylic acids is 1. The number of terminal acetylenes is 1. The Bertz CT molecular complexity index is 1480. The predicted octanol–water partition coefficient (Wildman–Crippen LogP) is 8.18. The molecule has 2 saturated carbocycles. The van der Waals surface area contributed by atoms with Gasteiger partial charge in [0.15, 0.2) is 5.78 Å². The Labute approximate surface area is 236 Å². The molecule has 6 rings (SSSR count). The number of carbonyl (C=O) groups is 1. The largest absolute Gasteiger partial charge is 0.382 e. The first-order valence-electron chi connectivity index (χ1n) is 14.6. The van der Waals surface area contributed by atoms with E-state index in [1.807, 2.05) is 13.0 Å². The van der Waals surface area contributed by atoms with E-state index in [1.165, 1.54) is 33.4 Å². The highest BCUT2D eigenvalue weighted by atomic mass is 19.3. The van der Waals surface area contributed by atoms with Crippen LogP contribution in [0, 0.1) is 50.4 Å². The van der Waals surface area contributed by atoms with Crippen molar-refractivity contribution in [2.24, 2.45) is 17.3 Å². The number of aliphatic hydroxyl groups is 1. The number of alkyl halides is 2. The topological polar surface area (TPSA) is 37.3 Å². The van der Waals surface area contributed by atoms with Gasteiger partial charge >= 0.3 is 5.92 Å². The van der Waals surface area contributed by atoms with Gasteiger partial charge in [-0.15, -0.1) is 6.42 Å². The summed E-state index contributed by atoms with van der Waals surface area (Å²) in [4.78, 5) is 12.3. The van der Waals surface area contributed by atoms with Gasteiger partial charge in [0, 0.05) is 17.8 Å². The molecule has 0 heterocycles. The summed E-state index contributed by atoms with van der Waals surface area (Å²) < 4.78 is 30.6. The number of rotatable bonds is 3. The fraction of sp³-hybridized carbons (Fsp3) is 0.472. The molecular formula is C36H38F2O2. The molecule has 0 radical (unpaired) electrons. The van der Waals surface area contributed by atoms with Gasteiger partial charge in [-0.1, -0.05) is 54.5 Å². The van der Waals surface area contributed by atoms with Crippen LogP contribution in [-0.4, -0.2) is 22.4 Å². The maximum absolute atomic E-state index is 15.3. The number of aryl methyl sites for hydroxylation is 3. The van der Waals surface area contributed by atoms with Gasteiger partial charge in [-0.25, -0.2) is 0 Å². The number of fused-ring (bicyclic) bond motifs is 4. The van der Waals surface area contributed by atoms with Crippen molar-refractivity contribution in [3.63, 3.8) is 0 Å². The number of allylic oxidation sites excluding steroid dienone is 4. The number of hydrogen-bond acceptors (Lipinski definition) is 2. The highest BCUT2D eigenvalue weighted by Crippen LogP contribution is 2.69. The van der Waals surface area contributed by atoms with E-state index in [1.54, 1.807) is 5.92 Å². The summed E-state index contributed by atoms with van der Waals surface area (Å²) in [5, 5.41) is 11.7. The Kier molecular flexibility index (Phi) is 6.28. The molecule has 0 spiro atoms. The molecule has 5 atom stereocenters. The van der Waals surface area contributed by atoms with Gasteiger partial charge in [0.1, 0.15) is 5.60 Å². The third kappa shape index (κ3) is 3.81. The molecule has 4 heteroatoms. The molecule has 40 heavy (non-hydrogen) atoms. The number of hydrogen-bond donors (Lipinski definition) is 1. The van der Waals surface area contributed by atoms with E-state index < -0.39 is 16.9 Å². The van der Waals surface area contributed by atoms with Crippen LogP contribution in [0.3, 0.4) is 0 Å². The molecule has 4 aliphatic carbocycles. The molecule has 0 saturated heterocycles. The molecule has 2 nitrogen and oxygen atoms in total. The molecule has 5 unspecified atom stereocenters. The van der Waals surface area contributed by atoms with Crippen molar-refractivity contribution in [2.75, 3.05) is 0 Å². The van der Waals surface area contributed by atoms with Crippen LogP contribution in [0.5, 0.6) is 0 Å². The summed E-state index contributed by atoms with van der Waals surface area (Å²) in [6.45, 7) is 8.23. The van der Waals surface area contributed by atoms with Crippen molar-refractivity contribution in [1.29, 1.82) is 0 Å². The van der Waals surface area contributed by atoms with Gasteiger partial charge in [0.05, 0.1) is 0 Å².